The van der Waals surface area contributed by atoms with Crippen LogP contribution in [0.1, 0.15) is 37.8 Å². The van der Waals surface area contributed by atoms with Gasteiger partial charge < -0.3 is 5.32 Å². The van der Waals surface area contributed by atoms with Gasteiger partial charge in [0, 0.05) is 11.6 Å². The largest absolute Gasteiger partial charge is 0.310 e. The molecule has 1 aromatic rings. The highest BCUT2D eigenvalue weighted by molar-refractivity contribution is 9.10. The predicted molar refractivity (Wildman–Crippen MR) is 67.8 cm³/mol. The normalized spacial score (nSPS) is 24.9. The molecule has 0 bridgehead atoms. The first-order valence-corrected chi connectivity index (χ1v) is 6.79. The molecule has 0 aliphatic carbocycles. The molecule has 1 nitrogen and oxygen atoms in total. The van der Waals surface area contributed by atoms with E-state index in [0.29, 0.717) is 10.4 Å². The highest BCUT2D eigenvalue weighted by Gasteiger charge is 2.27. The fourth-order valence-corrected chi connectivity index (χ4v) is 2.79. The molecule has 1 aliphatic rings. The van der Waals surface area contributed by atoms with Crippen molar-refractivity contribution in [3.05, 3.63) is 33.8 Å². The van der Waals surface area contributed by atoms with Crippen molar-refractivity contribution in [1.29, 1.82) is 0 Å². The van der Waals surface area contributed by atoms with E-state index in [2.05, 4.69) is 28.2 Å². The van der Waals surface area contributed by atoms with Crippen molar-refractivity contribution in [3.63, 3.8) is 0 Å². The van der Waals surface area contributed by atoms with Gasteiger partial charge in [0.15, 0.2) is 0 Å². The molecule has 1 aromatic carbocycles. The van der Waals surface area contributed by atoms with Gasteiger partial charge in [0.25, 0.3) is 0 Å². The van der Waals surface area contributed by atoms with E-state index in [9.17, 15) is 8.78 Å². The average molecular weight is 304 g/mol. The maximum atomic E-state index is 14.0. The van der Waals surface area contributed by atoms with E-state index in [-0.39, 0.29) is 11.6 Å². The quantitative estimate of drug-likeness (QED) is 0.808. The summed E-state index contributed by atoms with van der Waals surface area (Å²) < 4.78 is 28.0. The summed E-state index contributed by atoms with van der Waals surface area (Å²) in [5, 5.41) is 3.21. The van der Waals surface area contributed by atoms with Crippen molar-refractivity contribution in [2.24, 2.45) is 5.92 Å². The van der Waals surface area contributed by atoms with Crippen LogP contribution in [0.4, 0.5) is 8.78 Å². The molecule has 2 unspecified atom stereocenters. The molecule has 1 saturated heterocycles. The summed E-state index contributed by atoms with van der Waals surface area (Å²) in [5.74, 6) is -0.377. The summed E-state index contributed by atoms with van der Waals surface area (Å²) in [6.45, 7) is 2.95. The van der Waals surface area contributed by atoms with Crippen LogP contribution in [-0.2, 0) is 0 Å². The molecule has 1 N–H and O–H groups in total. The Kier molecular flexibility index (Phi) is 4.15. The molecule has 94 valence electrons. The number of piperidine rings is 1. The zero-order chi connectivity index (χ0) is 12.4. The van der Waals surface area contributed by atoms with Crippen molar-refractivity contribution in [2.75, 3.05) is 6.54 Å². The van der Waals surface area contributed by atoms with Gasteiger partial charge in [-0.2, -0.15) is 0 Å². The summed E-state index contributed by atoms with van der Waals surface area (Å²) in [6, 6.07) is 2.53. The van der Waals surface area contributed by atoms with Crippen molar-refractivity contribution in [2.45, 2.75) is 32.2 Å². The summed E-state index contributed by atoms with van der Waals surface area (Å²) in [7, 11) is 0. The lowest BCUT2D eigenvalue weighted by atomic mass is 9.87. The molecule has 4 heteroatoms. The first-order valence-electron chi connectivity index (χ1n) is 6.00. The van der Waals surface area contributed by atoms with E-state index >= 15 is 0 Å². The summed E-state index contributed by atoms with van der Waals surface area (Å²) in [5.41, 5.74) is 0.178. The third kappa shape index (κ3) is 2.68. The Hall–Kier alpha value is -0.480. The summed E-state index contributed by atoms with van der Waals surface area (Å²) in [6.07, 6.45) is 2.96. The van der Waals surface area contributed by atoms with Gasteiger partial charge in [0.2, 0.25) is 0 Å². The van der Waals surface area contributed by atoms with Crippen LogP contribution >= 0.6 is 15.9 Å². The average Bonchev–Trinajstić information content (AvgIpc) is 2.35. The molecule has 0 saturated carbocycles. The van der Waals surface area contributed by atoms with E-state index < -0.39 is 11.6 Å². The van der Waals surface area contributed by atoms with Crippen molar-refractivity contribution >= 4 is 15.9 Å². The van der Waals surface area contributed by atoms with E-state index in [1.54, 1.807) is 0 Å². The van der Waals surface area contributed by atoms with Crippen LogP contribution in [0, 0.1) is 17.6 Å². The predicted octanol–water partition coefficient (Wildman–Crippen LogP) is 4.18. The second-order valence-electron chi connectivity index (χ2n) is 4.56. The molecule has 0 amide bonds. The Bertz CT molecular complexity index is 409. The molecule has 17 heavy (non-hydrogen) atoms. The Morgan fingerprint density at radius 1 is 1.41 bits per heavy atom. The third-order valence-corrected chi connectivity index (χ3v) is 4.13. The maximum absolute atomic E-state index is 14.0. The molecule has 2 atom stereocenters. The number of halogens is 3. The number of hydrogen-bond acceptors (Lipinski definition) is 1. The third-order valence-electron chi connectivity index (χ3n) is 3.52. The molecule has 2 rings (SSSR count). The lowest BCUT2D eigenvalue weighted by molar-refractivity contribution is 0.288. The molecule has 1 aliphatic heterocycles. The molecule has 0 radical (unpaired) electrons. The minimum absolute atomic E-state index is 0.178. The number of benzene rings is 1. The van der Waals surface area contributed by atoms with E-state index in [4.69, 9.17) is 0 Å². The van der Waals surface area contributed by atoms with Gasteiger partial charge in [-0.15, -0.1) is 0 Å². The van der Waals surface area contributed by atoms with Gasteiger partial charge in [-0.1, -0.05) is 13.3 Å². The molecular weight excluding hydrogens is 288 g/mol. The van der Waals surface area contributed by atoms with Crippen LogP contribution in [0.15, 0.2) is 16.6 Å². The van der Waals surface area contributed by atoms with Crippen LogP contribution in [0.5, 0.6) is 0 Å². The highest BCUT2D eigenvalue weighted by atomic mass is 79.9. The van der Waals surface area contributed by atoms with Gasteiger partial charge in [-0.25, -0.2) is 8.78 Å². The molecule has 0 aromatic heterocycles. The Morgan fingerprint density at radius 2 is 2.18 bits per heavy atom. The van der Waals surface area contributed by atoms with E-state index in [1.807, 2.05) is 0 Å². The molecule has 1 heterocycles. The summed E-state index contributed by atoms with van der Waals surface area (Å²) in [4.78, 5) is 0. The number of rotatable bonds is 2. The SMILES string of the molecule is CCC1CCNC(c2c(F)ccc(Br)c2F)C1. The Balaban J connectivity index is 2.30. The van der Waals surface area contributed by atoms with Crippen LogP contribution in [-0.4, -0.2) is 6.54 Å². The smallest absolute Gasteiger partial charge is 0.145 e. The highest BCUT2D eigenvalue weighted by Crippen LogP contribution is 2.34. The van der Waals surface area contributed by atoms with Gasteiger partial charge in [0.1, 0.15) is 11.6 Å². The first-order chi connectivity index (χ1) is 8.13. The van der Waals surface area contributed by atoms with Gasteiger partial charge in [-0.05, 0) is 53.4 Å². The maximum Gasteiger partial charge on any atom is 0.145 e. The fraction of sp³-hybridized carbons (Fsp3) is 0.538. The van der Waals surface area contributed by atoms with Crippen molar-refractivity contribution < 1.29 is 8.78 Å². The van der Waals surface area contributed by atoms with Crippen LogP contribution in [0.25, 0.3) is 0 Å². The van der Waals surface area contributed by atoms with Crippen molar-refractivity contribution in [1.82, 2.24) is 5.32 Å². The Labute approximate surface area is 109 Å². The van der Waals surface area contributed by atoms with Gasteiger partial charge in [-0.3, -0.25) is 0 Å². The minimum Gasteiger partial charge on any atom is -0.310 e. The topological polar surface area (TPSA) is 12.0 Å². The summed E-state index contributed by atoms with van der Waals surface area (Å²) >= 11 is 3.11. The van der Waals surface area contributed by atoms with Gasteiger partial charge >= 0.3 is 0 Å². The lowest BCUT2D eigenvalue weighted by Crippen LogP contribution is -2.32. The fourth-order valence-electron chi connectivity index (χ4n) is 2.45. The molecular formula is C13H16BrF2N. The Morgan fingerprint density at radius 3 is 2.88 bits per heavy atom. The number of nitrogens with one attached hydrogen (secondary N) is 1. The first kappa shape index (κ1) is 13.0. The lowest BCUT2D eigenvalue weighted by Gasteiger charge is -2.30. The zero-order valence-electron chi connectivity index (χ0n) is 9.77. The van der Waals surface area contributed by atoms with Crippen LogP contribution in [0.3, 0.4) is 0 Å². The second-order valence-corrected chi connectivity index (χ2v) is 5.42. The zero-order valence-corrected chi connectivity index (χ0v) is 11.4. The second kappa shape index (κ2) is 5.44. The van der Waals surface area contributed by atoms with E-state index in [0.717, 1.165) is 25.8 Å². The molecule has 1 fully saturated rings. The standard InChI is InChI=1S/C13H16BrF2N/c1-2-8-5-6-17-11(7-8)12-10(15)4-3-9(14)13(12)16/h3-4,8,11,17H,2,5-7H2,1H3. The monoisotopic (exact) mass is 303 g/mol. The van der Waals surface area contributed by atoms with Crippen molar-refractivity contribution in [3.8, 4) is 0 Å². The van der Waals surface area contributed by atoms with Gasteiger partial charge in [0.05, 0.1) is 4.47 Å². The number of hydrogen-bond donors (Lipinski definition) is 1. The van der Waals surface area contributed by atoms with Crippen LogP contribution < -0.4 is 5.32 Å². The molecule has 0 spiro atoms. The minimum atomic E-state index is -0.473. The van der Waals surface area contributed by atoms with Crippen LogP contribution in [0.2, 0.25) is 0 Å². The van der Waals surface area contributed by atoms with E-state index in [1.165, 1.54) is 12.1 Å².